The minimum atomic E-state index is -0.940. The second kappa shape index (κ2) is 5.95. The molecular weight excluding hydrogens is 324 g/mol. The Labute approximate surface area is 117 Å². The molecule has 2 unspecified atom stereocenters. The zero-order valence-corrected chi connectivity index (χ0v) is 11.8. The van der Waals surface area contributed by atoms with E-state index in [4.69, 9.17) is 11.6 Å². The monoisotopic (exact) mass is 335 g/mol. The summed E-state index contributed by atoms with van der Waals surface area (Å²) < 4.78 is 13.5. The van der Waals surface area contributed by atoms with E-state index in [-0.39, 0.29) is 18.9 Å². The van der Waals surface area contributed by atoms with Crippen LogP contribution in [-0.4, -0.2) is 29.6 Å². The lowest BCUT2D eigenvalue weighted by molar-refractivity contribution is -0.123. The van der Waals surface area contributed by atoms with Crippen LogP contribution in [0.1, 0.15) is 12.0 Å². The van der Waals surface area contributed by atoms with E-state index in [0.717, 1.165) is 5.56 Å². The summed E-state index contributed by atoms with van der Waals surface area (Å²) in [5.74, 6) is -0.195. The summed E-state index contributed by atoms with van der Waals surface area (Å²) in [7, 11) is 0. The molecule has 0 radical (unpaired) electrons. The van der Waals surface area contributed by atoms with Crippen molar-refractivity contribution in [3.05, 3.63) is 27.5 Å². The van der Waals surface area contributed by atoms with Crippen LogP contribution >= 0.6 is 27.5 Å². The maximum atomic E-state index is 12.9. The van der Waals surface area contributed by atoms with E-state index in [9.17, 15) is 9.18 Å². The highest BCUT2D eigenvalue weighted by atomic mass is 79.9. The fourth-order valence-electron chi connectivity index (χ4n) is 1.82. The quantitative estimate of drug-likeness (QED) is 0.828. The first-order chi connectivity index (χ1) is 8.54. The van der Waals surface area contributed by atoms with Crippen molar-refractivity contribution >= 4 is 33.4 Å². The van der Waals surface area contributed by atoms with Gasteiger partial charge >= 0.3 is 0 Å². The molecule has 0 bridgehead atoms. The minimum Gasteiger partial charge on any atom is -0.351 e. The third kappa shape index (κ3) is 3.63. The van der Waals surface area contributed by atoms with E-state index in [0.29, 0.717) is 16.3 Å². The van der Waals surface area contributed by atoms with Crippen molar-refractivity contribution in [2.24, 2.45) is 0 Å². The molecule has 2 rings (SSSR count). The minimum absolute atomic E-state index is 0.195. The van der Waals surface area contributed by atoms with Crippen molar-refractivity contribution in [3.63, 3.8) is 0 Å². The van der Waals surface area contributed by atoms with Gasteiger partial charge in [-0.3, -0.25) is 4.79 Å². The van der Waals surface area contributed by atoms with Crippen molar-refractivity contribution in [3.8, 4) is 0 Å². The van der Waals surface area contributed by atoms with Crippen LogP contribution in [0.25, 0.3) is 0 Å². The molecule has 0 saturated carbocycles. The normalized spacial score (nSPS) is 23.1. The van der Waals surface area contributed by atoms with E-state index in [1.54, 1.807) is 12.1 Å². The second-order valence-corrected chi connectivity index (χ2v) is 5.33. The lowest BCUT2D eigenvalue weighted by Crippen LogP contribution is -2.40. The molecule has 18 heavy (non-hydrogen) atoms. The summed E-state index contributed by atoms with van der Waals surface area (Å²) >= 11 is 9.02. The Hall–Kier alpha value is -0.720. The summed E-state index contributed by atoms with van der Waals surface area (Å²) in [6.45, 7) is 0.583. The Kier molecular flexibility index (Phi) is 4.53. The van der Waals surface area contributed by atoms with Crippen molar-refractivity contribution in [1.29, 1.82) is 0 Å². The molecular formula is C11H12BrClFN3O. The predicted molar refractivity (Wildman–Crippen MR) is 70.1 cm³/mol. The summed E-state index contributed by atoms with van der Waals surface area (Å²) in [6, 6.07) is 3.00. The Bertz CT molecular complexity index is 440. The van der Waals surface area contributed by atoms with Crippen LogP contribution in [0, 0.1) is 0 Å². The first kappa shape index (κ1) is 13.7. The van der Waals surface area contributed by atoms with Crippen molar-refractivity contribution in [1.82, 2.24) is 15.6 Å². The number of aromatic nitrogens is 1. The van der Waals surface area contributed by atoms with Crippen LogP contribution in [-0.2, 0) is 11.3 Å². The second-order valence-electron chi connectivity index (χ2n) is 4.13. The molecule has 2 atom stereocenters. The molecule has 0 spiro atoms. The molecule has 4 nitrogen and oxygen atoms in total. The van der Waals surface area contributed by atoms with Gasteiger partial charge in [0.2, 0.25) is 5.91 Å². The Morgan fingerprint density at radius 3 is 3.06 bits per heavy atom. The van der Waals surface area contributed by atoms with Crippen molar-refractivity contribution < 1.29 is 9.18 Å². The number of carbonyl (C=O) groups is 1. The first-order valence-corrected chi connectivity index (χ1v) is 6.69. The molecule has 1 fully saturated rings. The zero-order valence-electron chi connectivity index (χ0n) is 9.42. The third-order valence-electron chi connectivity index (χ3n) is 2.68. The number of alkyl halides is 1. The van der Waals surface area contributed by atoms with Gasteiger partial charge in [0.1, 0.15) is 15.9 Å². The standard InChI is InChI=1S/C11H12BrClFN3O/c12-9-1-6(2-10(13)17-9)4-16-11(18)8-3-7(14)5-15-8/h1-2,7-8,15H,3-5H2,(H,16,18). The molecule has 1 aromatic heterocycles. The highest BCUT2D eigenvalue weighted by Crippen LogP contribution is 2.15. The van der Waals surface area contributed by atoms with Gasteiger partial charge in [-0.1, -0.05) is 11.6 Å². The maximum absolute atomic E-state index is 12.9. The summed E-state index contributed by atoms with van der Waals surface area (Å²) in [5.41, 5.74) is 0.838. The third-order valence-corrected chi connectivity index (χ3v) is 3.28. The topological polar surface area (TPSA) is 54.0 Å². The van der Waals surface area contributed by atoms with Crippen LogP contribution in [0.3, 0.4) is 0 Å². The van der Waals surface area contributed by atoms with E-state index < -0.39 is 12.2 Å². The number of hydrogen-bond acceptors (Lipinski definition) is 3. The Morgan fingerprint density at radius 1 is 1.67 bits per heavy atom. The van der Waals surface area contributed by atoms with Crippen LogP contribution in [0.5, 0.6) is 0 Å². The lowest BCUT2D eigenvalue weighted by atomic mass is 10.2. The van der Waals surface area contributed by atoms with Crippen LogP contribution in [0.2, 0.25) is 5.15 Å². The van der Waals surface area contributed by atoms with Gasteiger partial charge in [-0.25, -0.2) is 9.37 Å². The van der Waals surface area contributed by atoms with E-state index in [1.165, 1.54) is 0 Å². The average molecular weight is 337 g/mol. The van der Waals surface area contributed by atoms with Crippen molar-refractivity contribution in [2.75, 3.05) is 6.54 Å². The van der Waals surface area contributed by atoms with E-state index in [1.807, 2.05) is 0 Å². The maximum Gasteiger partial charge on any atom is 0.237 e. The molecule has 98 valence electrons. The van der Waals surface area contributed by atoms with Gasteiger partial charge in [-0.05, 0) is 33.6 Å². The fourth-order valence-corrected chi connectivity index (χ4v) is 2.64. The lowest BCUT2D eigenvalue weighted by Gasteiger charge is -2.11. The van der Waals surface area contributed by atoms with E-state index in [2.05, 4.69) is 31.5 Å². The highest BCUT2D eigenvalue weighted by molar-refractivity contribution is 9.10. The largest absolute Gasteiger partial charge is 0.351 e. The molecule has 2 N–H and O–H groups in total. The van der Waals surface area contributed by atoms with Gasteiger partial charge in [-0.2, -0.15) is 0 Å². The molecule has 7 heteroatoms. The number of hydrogen-bond donors (Lipinski definition) is 2. The summed E-state index contributed by atoms with van der Waals surface area (Å²) in [4.78, 5) is 15.7. The van der Waals surface area contributed by atoms with Gasteiger partial charge in [-0.15, -0.1) is 0 Å². The Balaban J connectivity index is 1.89. The molecule has 1 aliphatic heterocycles. The molecule has 1 amide bonds. The van der Waals surface area contributed by atoms with Crippen LogP contribution in [0.4, 0.5) is 4.39 Å². The molecule has 2 heterocycles. The molecule has 1 aliphatic rings. The predicted octanol–water partition coefficient (Wildman–Crippen LogP) is 1.81. The fraction of sp³-hybridized carbons (Fsp3) is 0.455. The Morgan fingerprint density at radius 2 is 2.44 bits per heavy atom. The van der Waals surface area contributed by atoms with Gasteiger partial charge in [0.05, 0.1) is 6.04 Å². The number of rotatable bonds is 3. The molecule has 1 aromatic rings. The average Bonchev–Trinajstić information content (AvgIpc) is 2.71. The summed E-state index contributed by atoms with van der Waals surface area (Å²) in [5, 5.41) is 5.93. The van der Waals surface area contributed by atoms with Gasteiger partial charge in [0, 0.05) is 19.5 Å². The SMILES string of the molecule is O=C(NCc1cc(Cl)nc(Br)c1)C1CC(F)CN1. The number of nitrogens with zero attached hydrogens (tertiary/aromatic N) is 1. The highest BCUT2D eigenvalue weighted by Gasteiger charge is 2.28. The zero-order chi connectivity index (χ0) is 13.1. The molecule has 0 aromatic carbocycles. The van der Waals surface area contributed by atoms with Crippen molar-refractivity contribution in [2.45, 2.75) is 25.2 Å². The van der Waals surface area contributed by atoms with Gasteiger partial charge in [0.25, 0.3) is 0 Å². The van der Waals surface area contributed by atoms with Gasteiger partial charge < -0.3 is 10.6 Å². The number of amides is 1. The number of pyridine rings is 1. The molecule has 1 saturated heterocycles. The van der Waals surface area contributed by atoms with Crippen LogP contribution in [0.15, 0.2) is 16.7 Å². The number of halogens is 3. The summed E-state index contributed by atoms with van der Waals surface area (Å²) in [6.07, 6.45) is -0.711. The van der Waals surface area contributed by atoms with E-state index >= 15 is 0 Å². The van der Waals surface area contributed by atoms with Gasteiger partial charge in [0.15, 0.2) is 0 Å². The molecule has 0 aliphatic carbocycles. The number of carbonyl (C=O) groups excluding carboxylic acids is 1. The first-order valence-electron chi connectivity index (χ1n) is 5.51. The number of nitrogens with one attached hydrogen (secondary N) is 2. The van der Waals surface area contributed by atoms with Crippen LogP contribution < -0.4 is 10.6 Å². The smallest absolute Gasteiger partial charge is 0.237 e.